The van der Waals surface area contributed by atoms with Gasteiger partial charge in [0.05, 0.1) is 18.6 Å². The van der Waals surface area contributed by atoms with Gasteiger partial charge in [0.2, 0.25) is 11.8 Å². The fourth-order valence-electron chi connectivity index (χ4n) is 3.91. The Labute approximate surface area is 155 Å². The number of amides is 1. The number of piperidine rings is 1. The van der Waals surface area contributed by atoms with Gasteiger partial charge in [-0.3, -0.25) is 4.79 Å². The summed E-state index contributed by atoms with van der Waals surface area (Å²) in [7, 11) is 0. The number of rotatable bonds is 6. The van der Waals surface area contributed by atoms with Crippen LogP contribution in [0, 0.1) is 0 Å². The van der Waals surface area contributed by atoms with Gasteiger partial charge in [-0.2, -0.15) is 0 Å². The van der Waals surface area contributed by atoms with Crippen molar-refractivity contribution in [2.24, 2.45) is 0 Å². The molecule has 7 nitrogen and oxygen atoms in total. The van der Waals surface area contributed by atoms with E-state index in [9.17, 15) is 9.90 Å². The molecule has 1 aromatic rings. The Morgan fingerprint density at radius 2 is 2.04 bits per heavy atom. The van der Waals surface area contributed by atoms with Gasteiger partial charge in [-0.25, -0.2) is 9.97 Å². The number of anilines is 1. The van der Waals surface area contributed by atoms with E-state index in [0.717, 1.165) is 57.4 Å². The van der Waals surface area contributed by atoms with Crippen LogP contribution >= 0.6 is 0 Å². The van der Waals surface area contributed by atoms with Crippen LogP contribution < -0.4 is 10.1 Å². The number of ether oxygens (including phenoxy) is 1. The van der Waals surface area contributed by atoms with E-state index >= 15 is 0 Å². The first-order chi connectivity index (χ1) is 12.6. The van der Waals surface area contributed by atoms with Gasteiger partial charge in [0.25, 0.3) is 0 Å². The molecule has 1 aromatic heterocycles. The lowest BCUT2D eigenvalue weighted by Crippen LogP contribution is -2.46. The molecule has 26 heavy (non-hydrogen) atoms. The van der Waals surface area contributed by atoms with Crippen molar-refractivity contribution in [3.63, 3.8) is 0 Å². The standard InChI is InChI=1S/C19H30N4O3/c1-2-26-17-12-16(20-14-21-17)22-15-6-10-23(11-7-15)18(24)13-19(25)8-4-3-5-9-19/h12,14-15,25H,2-11,13H2,1H3,(H,20,21,22). The molecule has 1 amide bonds. The number of nitrogens with one attached hydrogen (secondary N) is 1. The first kappa shape index (κ1) is 18.9. The molecule has 0 atom stereocenters. The SMILES string of the molecule is CCOc1cc(NC2CCN(C(=O)CC3(O)CCCCC3)CC2)ncn1. The summed E-state index contributed by atoms with van der Waals surface area (Å²) in [6, 6.07) is 2.08. The van der Waals surface area contributed by atoms with Crippen molar-refractivity contribution in [2.75, 3.05) is 25.0 Å². The summed E-state index contributed by atoms with van der Waals surface area (Å²) in [5.74, 6) is 1.41. The predicted octanol–water partition coefficient (Wildman–Crippen LogP) is 2.36. The summed E-state index contributed by atoms with van der Waals surface area (Å²) in [5.41, 5.74) is -0.777. The highest BCUT2D eigenvalue weighted by Crippen LogP contribution is 2.31. The van der Waals surface area contributed by atoms with Crippen LogP contribution in [0.25, 0.3) is 0 Å². The van der Waals surface area contributed by atoms with E-state index in [-0.39, 0.29) is 18.4 Å². The summed E-state index contributed by atoms with van der Waals surface area (Å²) < 4.78 is 5.40. The first-order valence-corrected chi connectivity index (χ1v) is 9.79. The summed E-state index contributed by atoms with van der Waals surface area (Å²) in [4.78, 5) is 22.8. The highest BCUT2D eigenvalue weighted by Gasteiger charge is 2.34. The molecular formula is C19H30N4O3. The van der Waals surface area contributed by atoms with Crippen LogP contribution in [-0.4, -0.2) is 57.2 Å². The summed E-state index contributed by atoms with van der Waals surface area (Å²) >= 11 is 0. The molecule has 1 aliphatic carbocycles. The van der Waals surface area contributed by atoms with Gasteiger partial charge in [-0.15, -0.1) is 0 Å². The number of carbonyl (C=O) groups is 1. The van der Waals surface area contributed by atoms with Gasteiger partial charge in [-0.05, 0) is 32.6 Å². The molecule has 1 aliphatic heterocycles. The molecule has 1 saturated carbocycles. The maximum absolute atomic E-state index is 12.6. The zero-order valence-electron chi connectivity index (χ0n) is 15.6. The molecule has 7 heteroatoms. The Morgan fingerprint density at radius 3 is 2.73 bits per heavy atom. The van der Waals surface area contributed by atoms with Crippen LogP contribution in [0.1, 0.15) is 58.3 Å². The highest BCUT2D eigenvalue weighted by molar-refractivity contribution is 5.77. The molecule has 0 unspecified atom stereocenters. The second kappa shape index (κ2) is 8.66. The maximum Gasteiger partial charge on any atom is 0.225 e. The molecule has 2 aliphatic rings. The lowest BCUT2D eigenvalue weighted by Gasteiger charge is -2.36. The van der Waals surface area contributed by atoms with Gasteiger partial charge >= 0.3 is 0 Å². The number of aromatic nitrogens is 2. The number of hydrogen-bond donors (Lipinski definition) is 2. The minimum atomic E-state index is -0.777. The van der Waals surface area contributed by atoms with E-state index in [1.54, 1.807) is 6.07 Å². The number of nitrogens with zero attached hydrogens (tertiary/aromatic N) is 3. The van der Waals surface area contributed by atoms with Crippen LogP contribution in [0.4, 0.5) is 5.82 Å². The Morgan fingerprint density at radius 1 is 1.31 bits per heavy atom. The van der Waals surface area contributed by atoms with E-state index in [4.69, 9.17) is 4.74 Å². The molecular weight excluding hydrogens is 332 g/mol. The zero-order valence-corrected chi connectivity index (χ0v) is 15.6. The van der Waals surface area contributed by atoms with Crippen LogP contribution in [0.15, 0.2) is 12.4 Å². The monoisotopic (exact) mass is 362 g/mol. The minimum Gasteiger partial charge on any atom is -0.478 e. The van der Waals surface area contributed by atoms with Crippen molar-refractivity contribution in [1.82, 2.24) is 14.9 Å². The second-order valence-corrected chi connectivity index (χ2v) is 7.44. The topological polar surface area (TPSA) is 87.6 Å². The Bertz CT molecular complexity index is 596. The number of carbonyl (C=O) groups excluding carboxylic acids is 1. The number of aliphatic hydroxyl groups is 1. The van der Waals surface area contributed by atoms with E-state index in [0.29, 0.717) is 12.5 Å². The molecule has 3 rings (SSSR count). The van der Waals surface area contributed by atoms with Gasteiger partial charge < -0.3 is 20.1 Å². The molecule has 0 aromatic carbocycles. The van der Waals surface area contributed by atoms with Crippen LogP contribution in [0.5, 0.6) is 5.88 Å². The fraction of sp³-hybridized carbons (Fsp3) is 0.737. The normalized spacial score (nSPS) is 20.6. The van der Waals surface area contributed by atoms with Crippen LogP contribution in [0.3, 0.4) is 0 Å². The van der Waals surface area contributed by atoms with Gasteiger partial charge in [0.15, 0.2) is 0 Å². The minimum absolute atomic E-state index is 0.0912. The van der Waals surface area contributed by atoms with Crippen LogP contribution in [0.2, 0.25) is 0 Å². The molecule has 0 radical (unpaired) electrons. The van der Waals surface area contributed by atoms with Gasteiger partial charge in [0.1, 0.15) is 12.1 Å². The first-order valence-electron chi connectivity index (χ1n) is 9.79. The summed E-state index contributed by atoms with van der Waals surface area (Å²) in [6.07, 6.45) is 8.25. The Balaban J connectivity index is 1.46. The largest absolute Gasteiger partial charge is 0.478 e. The van der Waals surface area contributed by atoms with Crippen molar-refractivity contribution in [2.45, 2.75) is 69.9 Å². The zero-order chi connectivity index (χ0) is 18.4. The quantitative estimate of drug-likeness (QED) is 0.808. The molecule has 1 saturated heterocycles. The highest BCUT2D eigenvalue weighted by atomic mass is 16.5. The molecule has 0 bridgehead atoms. The second-order valence-electron chi connectivity index (χ2n) is 7.44. The third kappa shape index (κ3) is 5.06. The van der Waals surface area contributed by atoms with Gasteiger partial charge in [0, 0.05) is 25.2 Å². The third-order valence-corrected chi connectivity index (χ3v) is 5.40. The van der Waals surface area contributed by atoms with E-state index < -0.39 is 5.60 Å². The Kier molecular flexibility index (Phi) is 6.29. The predicted molar refractivity (Wildman–Crippen MR) is 99.1 cm³/mol. The smallest absolute Gasteiger partial charge is 0.225 e. The number of hydrogen-bond acceptors (Lipinski definition) is 6. The molecule has 2 fully saturated rings. The number of likely N-dealkylation sites (tertiary alicyclic amines) is 1. The average Bonchev–Trinajstić information content (AvgIpc) is 2.63. The van der Waals surface area contributed by atoms with E-state index in [1.165, 1.54) is 12.7 Å². The molecule has 2 N–H and O–H groups in total. The van der Waals surface area contributed by atoms with Crippen molar-refractivity contribution in [1.29, 1.82) is 0 Å². The average molecular weight is 362 g/mol. The van der Waals surface area contributed by atoms with Crippen molar-refractivity contribution >= 4 is 11.7 Å². The molecule has 2 heterocycles. The lowest BCUT2D eigenvalue weighted by atomic mass is 9.82. The van der Waals surface area contributed by atoms with Crippen molar-refractivity contribution < 1.29 is 14.6 Å². The summed E-state index contributed by atoms with van der Waals surface area (Å²) in [6.45, 7) is 3.93. The van der Waals surface area contributed by atoms with E-state index in [2.05, 4.69) is 15.3 Å². The molecule has 0 spiro atoms. The van der Waals surface area contributed by atoms with Crippen molar-refractivity contribution in [3.8, 4) is 5.88 Å². The van der Waals surface area contributed by atoms with Crippen LogP contribution in [-0.2, 0) is 4.79 Å². The van der Waals surface area contributed by atoms with Crippen molar-refractivity contribution in [3.05, 3.63) is 12.4 Å². The summed E-state index contributed by atoms with van der Waals surface area (Å²) in [5, 5.41) is 14.0. The maximum atomic E-state index is 12.6. The van der Waals surface area contributed by atoms with E-state index in [1.807, 2.05) is 11.8 Å². The molecule has 144 valence electrons. The van der Waals surface area contributed by atoms with Gasteiger partial charge in [-0.1, -0.05) is 19.3 Å². The Hall–Kier alpha value is -1.89. The fourth-order valence-corrected chi connectivity index (χ4v) is 3.91. The lowest BCUT2D eigenvalue weighted by molar-refractivity contribution is -0.138. The third-order valence-electron chi connectivity index (χ3n) is 5.40.